The Balaban J connectivity index is 2.42. The lowest BCUT2D eigenvalue weighted by Crippen LogP contribution is -2.08. The van der Waals surface area contributed by atoms with Gasteiger partial charge in [0.2, 0.25) is 0 Å². The minimum Gasteiger partial charge on any atom is -0.480 e. The van der Waals surface area contributed by atoms with E-state index in [4.69, 9.17) is 5.11 Å². The molecule has 0 spiro atoms. The lowest BCUT2D eigenvalue weighted by atomic mass is 10.0. The molecule has 3 heteroatoms. The molecular formula is C15H12NO2-. The molecule has 0 amide bonds. The highest BCUT2D eigenvalue weighted by Crippen LogP contribution is 2.10. The summed E-state index contributed by atoms with van der Waals surface area (Å²) in [5.74, 6) is -0.945. The van der Waals surface area contributed by atoms with Gasteiger partial charge in [0.15, 0.2) is 0 Å². The molecule has 0 radical (unpaired) electrons. The number of hydrogen-bond acceptors (Lipinski definition) is 2. The molecular weight excluding hydrogens is 226 g/mol. The Morgan fingerprint density at radius 2 is 1.83 bits per heavy atom. The van der Waals surface area contributed by atoms with E-state index in [1.54, 1.807) is 6.07 Å². The highest BCUT2D eigenvalue weighted by atomic mass is 16.4. The smallest absolute Gasteiger partial charge is 0.324 e. The highest BCUT2D eigenvalue weighted by molar-refractivity contribution is 6.13. The first kappa shape index (κ1) is 12.0. The first-order chi connectivity index (χ1) is 8.77. The number of nitrogens with zero attached hydrogens (tertiary/aromatic N) is 1. The number of carboxylic acids is 1. The van der Waals surface area contributed by atoms with Crippen LogP contribution in [0.3, 0.4) is 0 Å². The van der Waals surface area contributed by atoms with Gasteiger partial charge >= 0.3 is 5.97 Å². The average Bonchev–Trinajstić information content (AvgIpc) is 2.41. The number of aliphatic imine (C=N–C) groups is 1. The first-order valence-corrected chi connectivity index (χ1v) is 5.56. The van der Waals surface area contributed by atoms with Crippen LogP contribution in [0.4, 0.5) is 0 Å². The Bertz CT molecular complexity index is 506. The van der Waals surface area contributed by atoms with Gasteiger partial charge in [-0.15, -0.1) is 35.9 Å². The molecule has 2 aromatic carbocycles. The summed E-state index contributed by atoms with van der Waals surface area (Å²) in [4.78, 5) is 14.8. The largest absolute Gasteiger partial charge is 0.480 e. The molecule has 0 saturated carbocycles. The van der Waals surface area contributed by atoms with E-state index < -0.39 is 5.97 Å². The molecule has 0 bridgehead atoms. The van der Waals surface area contributed by atoms with E-state index in [0.717, 1.165) is 11.1 Å². The van der Waals surface area contributed by atoms with Crippen LogP contribution in [0.25, 0.3) is 0 Å². The average molecular weight is 238 g/mol. The molecule has 0 unspecified atom stereocenters. The highest BCUT2D eigenvalue weighted by Gasteiger charge is 2.00. The fraction of sp³-hybridized carbons (Fsp3) is 0.0667. The molecule has 0 atom stereocenters. The van der Waals surface area contributed by atoms with Gasteiger partial charge in [0, 0.05) is 0 Å². The zero-order valence-corrected chi connectivity index (χ0v) is 9.71. The third-order valence-electron chi connectivity index (χ3n) is 2.38. The number of carboxylic acid groups (broad SMARTS) is 1. The van der Waals surface area contributed by atoms with Crippen molar-refractivity contribution in [2.45, 2.75) is 0 Å². The fourth-order valence-corrected chi connectivity index (χ4v) is 1.62. The topological polar surface area (TPSA) is 49.7 Å². The van der Waals surface area contributed by atoms with Crippen LogP contribution < -0.4 is 0 Å². The number of aliphatic carboxylic acids is 1. The molecule has 2 rings (SSSR count). The SMILES string of the molecule is O=C(O)CN=C(c1[c-]cccc1)c1ccccc1. The molecule has 0 aliphatic heterocycles. The van der Waals surface area contributed by atoms with Gasteiger partial charge in [0.25, 0.3) is 0 Å². The molecule has 1 N–H and O–H groups in total. The zero-order valence-electron chi connectivity index (χ0n) is 9.71. The summed E-state index contributed by atoms with van der Waals surface area (Å²) < 4.78 is 0. The summed E-state index contributed by atoms with van der Waals surface area (Å²) in [6.07, 6.45) is 0. The molecule has 0 aliphatic carbocycles. The van der Waals surface area contributed by atoms with E-state index in [2.05, 4.69) is 11.1 Å². The third-order valence-corrected chi connectivity index (χ3v) is 2.38. The zero-order chi connectivity index (χ0) is 12.8. The second-order valence-electron chi connectivity index (χ2n) is 3.70. The van der Waals surface area contributed by atoms with Crippen LogP contribution in [0.15, 0.2) is 59.6 Å². The molecule has 0 aromatic heterocycles. The monoisotopic (exact) mass is 238 g/mol. The quantitative estimate of drug-likeness (QED) is 0.657. The Morgan fingerprint density at radius 1 is 1.11 bits per heavy atom. The Morgan fingerprint density at radius 3 is 2.44 bits per heavy atom. The van der Waals surface area contributed by atoms with E-state index in [-0.39, 0.29) is 6.54 Å². The first-order valence-electron chi connectivity index (χ1n) is 5.56. The van der Waals surface area contributed by atoms with E-state index in [0.29, 0.717) is 5.71 Å². The van der Waals surface area contributed by atoms with Crippen LogP contribution in [0.5, 0.6) is 0 Å². The van der Waals surface area contributed by atoms with Gasteiger partial charge in [-0.2, -0.15) is 0 Å². The number of hydrogen-bond donors (Lipinski definition) is 1. The molecule has 90 valence electrons. The maximum Gasteiger partial charge on any atom is 0.324 e. The van der Waals surface area contributed by atoms with Crippen LogP contribution >= 0.6 is 0 Å². The third kappa shape index (κ3) is 3.04. The second-order valence-corrected chi connectivity index (χ2v) is 3.70. The van der Waals surface area contributed by atoms with Gasteiger partial charge < -0.3 is 10.1 Å². The maximum absolute atomic E-state index is 10.6. The van der Waals surface area contributed by atoms with Crippen molar-refractivity contribution in [1.82, 2.24) is 0 Å². The summed E-state index contributed by atoms with van der Waals surface area (Å²) in [7, 11) is 0. The Hall–Kier alpha value is -2.42. The summed E-state index contributed by atoms with van der Waals surface area (Å²) >= 11 is 0. The van der Waals surface area contributed by atoms with Gasteiger partial charge in [-0.1, -0.05) is 30.3 Å². The van der Waals surface area contributed by atoms with Crippen molar-refractivity contribution in [3.8, 4) is 0 Å². The maximum atomic E-state index is 10.6. The van der Waals surface area contributed by atoms with Gasteiger partial charge in [0.1, 0.15) is 6.54 Å². The number of benzene rings is 2. The van der Waals surface area contributed by atoms with E-state index >= 15 is 0 Å². The summed E-state index contributed by atoms with van der Waals surface area (Å²) in [6.45, 7) is -0.243. The van der Waals surface area contributed by atoms with Crippen molar-refractivity contribution in [3.05, 3.63) is 71.8 Å². The van der Waals surface area contributed by atoms with Crippen molar-refractivity contribution in [2.75, 3.05) is 6.54 Å². The van der Waals surface area contributed by atoms with Gasteiger partial charge in [-0.3, -0.25) is 4.79 Å². The van der Waals surface area contributed by atoms with Crippen LogP contribution in [-0.4, -0.2) is 23.3 Å². The van der Waals surface area contributed by atoms with Crippen molar-refractivity contribution >= 4 is 11.7 Å². The molecule has 0 saturated heterocycles. The van der Waals surface area contributed by atoms with Gasteiger partial charge in [-0.25, -0.2) is 0 Å². The number of carbonyl (C=O) groups is 1. The summed E-state index contributed by atoms with van der Waals surface area (Å²) in [5.41, 5.74) is 2.34. The van der Waals surface area contributed by atoms with Crippen molar-refractivity contribution in [3.63, 3.8) is 0 Å². The summed E-state index contributed by atoms with van der Waals surface area (Å²) in [6, 6.07) is 20.0. The number of rotatable bonds is 4. The second kappa shape index (κ2) is 5.77. The minimum atomic E-state index is -0.945. The van der Waals surface area contributed by atoms with E-state index in [1.165, 1.54) is 0 Å². The van der Waals surface area contributed by atoms with Crippen molar-refractivity contribution < 1.29 is 9.90 Å². The van der Waals surface area contributed by atoms with Gasteiger partial charge in [0.05, 0.1) is 0 Å². The van der Waals surface area contributed by atoms with Crippen LogP contribution in [0, 0.1) is 6.07 Å². The molecule has 2 aromatic rings. The minimum absolute atomic E-state index is 0.243. The van der Waals surface area contributed by atoms with Crippen LogP contribution in [-0.2, 0) is 4.79 Å². The molecule has 18 heavy (non-hydrogen) atoms. The molecule has 3 nitrogen and oxygen atoms in total. The van der Waals surface area contributed by atoms with Crippen molar-refractivity contribution in [2.24, 2.45) is 4.99 Å². The van der Waals surface area contributed by atoms with E-state index in [9.17, 15) is 4.79 Å². The standard InChI is InChI=1S/C15H12NO2/c17-14(18)11-16-15(12-7-3-1-4-8-12)13-9-5-2-6-10-13/h1-9H,11H2,(H,17,18)/q-1. The van der Waals surface area contributed by atoms with E-state index in [1.807, 2.05) is 48.5 Å². The molecule has 0 aliphatic rings. The van der Waals surface area contributed by atoms with Crippen LogP contribution in [0.1, 0.15) is 11.1 Å². The van der Waals surface area contributed by atoms with Crippen LogP contribution in [0.2, 0.25) is 0 Å². The molecule has 0 fully saturated rings. The Kier molecular flexibility index (Phi) is 3.86. The predicted molar refractivity (Wildman–Crippen MR) is 69.9 cm³/mol. The fourth-order valence-electron chi connectivity index (χ4n) is 1.62. The molecule has 0 heterocycles. The lowest BCUT2D eigenvalue weighted by Gasteiger charge is -2.13. The van der Waals surface area contributed by atoms with Gasteiger partial charge in [-0.05, 0) is 11.3 Å². The lowest BCUT2D eigenvalue weighted by molar-refractivity contribution is -0.135. The van der Waals surface area contributed by atoms with Crippen molar-refractivity contribution in [1.29, 1.82) is 0 Å². The normalized spacial score (nSPS) is 11.2. The Labute approximate surface area is 105 Å². The predicted octanol–water partition coefficient (Wildman–Crippen LogP) is 2.41. The summed E-state index contributed by atoms with van der Waals surface area (Å²) in [5, 5.41) is 8.74.